The molecule has 0 unspecified atom stereocenters. The van der Waals surface area contributed by atoms with Gasteiger partial charge in [-0.05, 0) is 48.4 Å². The average molecular weight is 356 g/mol. The molecular formula is C19H14ClNO4. The highest BCUT2D eigenvalue weighted by molar-refractivity contribution is 6.31. The van der Waals surface area contributed by atoms with E-state index in [9.17, 15) is 14.7 Å². The molecule has 1 amide bonds. The molecule has 0 saturated heterocycles. The molecule has 2 aromatic carbocycles. The molecule has 0 atom stereocenters. The number of nitrogens with one attached hydrogen (secondary N) is 1. The second-order valence-electron chi connectivity index (χ2n) is 5.50. The Morgan fingerprint density at radius 1 is 1.12 bits per heavy atom. The average Bonchev–Trinajstić information content (AvgIpc) is 3.11. The van der Waals surface area contributed by atoms with Gasteiger partial charge in [0, 0.05) is 16.1 Å². The van der Waals surface area contributed by atoms with Crippen molar-refractivity contribution >= 4 is 29.2 Å². The largest absolute Gasteiger partial charge is 0.478 e. The number of hydrogen-bond donors (Lipinski definition) is 2. The van der Waals surface area contributed by atoms with Crippen LogP contribution >= 0.6 is 11.6 Å². The monoisotopic (exact) mass is 355 g/mol. The van der Waals surface area contributed by atoms with E-state index in [1.807, 2.05) is 6.07 Å². The third kappa shape index (κ3) is 3.56. The molecule has 5 nitrogen and oxygen atoms in total. The fourth-order valence-electron chi connectivity index (χ4n) is 2.53. The van der Waals surface area contributed by atoms with Gasteiger partial charge in [-0.15, -0.1) is 0 Å². The number of benzene rings is 2. The van der Waals surface area contributed by atoms with Crippen LogP contribution in [0.2, 0.25) is 5.02 Å². The van der Waals surface area contributed by atoms with Crippen LogP contribution in [0.1, 0.15) is 26.3 Å². The first kappa shape index (κ1) is 16.8. The van der Waals surface area contributed by atoms with E-state index in [-0.39, 0.29) is 11.3 Å². The van der Waals surface area contributed by atoms with Gasteiger partial charge in [-0.1, -0.05) is 23.7 Å². The summed E-state index contributed by atoms with van der Waals surface area (Å²) in [6.45, 7) is 1.69. The minimum atomic E-state index is -1.16. The maximum atomic E-state index is 12.6. The number of furan rings is 1. The van der Waals surface area contributed by atoms with Crippen molar-refractivity contribution < 1.29 is 19.1 Å². The SMILES string of the molecule is Cc1cc(Cl)cc(C(=O)O)c1NC(=O)c1cccc(-c2ccoc2)c1. The zero-order chi connectivity index (χ0) is 18.0. The Morgan fingerprint density at radius 3 is 2.60 bits per heavy atom. The highest BCUT2D eigenvalue weighted by Gasteiger charge is 2.17. The lowest BCUT2D eigenvalue weighted by molar-refractivity contribution is 0.0698. The molecule has 0 spiro atoms. The number of aromatic carboxylic acids is 1. The molecule has 3 rings (SSSR count). The first-order valence-electron chi connectivity index (χ1n) is 7.43. The number of carboxylic acid groups (broad SMARTS) is 1. The van der Waals surface area contributed by atoms with Crippen LogP contribution in [0.25, 0.3) is 11.1 Å². The Morgan fingerprint density at radius 2 is 1.92 bits per heavy atom. The number of aryl methyl sites for hydroxylation is 1. The molecule has 0 bridgehead atoms. The summed E-state index contributed by atoms with van der Waals surface area (Å²) in [5.74, 6) is -1.56. The third-order valence-electron chi connectivity index (χ3n) is 3.75. The molecule has 0 radical (unpaired) electrons. The van der Waals surface area contributed by atoms with Crippen LogP contribution in [-0.4, -0.2) is 17.0 Å². The van der Waals surface area contributed by atoms with Gasteiger partial charge in [0.1, 0.15) is 0 Å². The number of carbonyl (C=O) groups is 2. The summed E-state index contributed by atoms with van der Waals surface area (Å²) in [6.07, 6.45) is 3.14. The van der Waals surface area contributed by atoms with Crippen molar-refractivity contribution in [1.29, 1.82) is 0 Å². The zero-order valence-electron chi connectivity index (χ0n) is 13.2. The molecule has 25 heavy (non-hydrogen) atoms. The fraction of sp³-hybridized carbons (Fsp3) is 0.0526. The number of carboxylic acids is 1. The van der Waals surface area contributed by atoms with E-state index in [1.165, 1.54) is 6.07 Å². The molecule has 0 aliphatic heterocycles. The number of carbonyl (C=O) groups excluding carboxylic acids is 1. The molecule has 0 saturated carbocycles. The minimum Gasteiger partial charge on any atom is -0.478 e. The van der Waals surface area contributed by atoms with E-state index in [4.69, 9.17) is 16.0 Å². The zero-order valence-corrected chi connectivity index (χ0v) is 14.0. The summed E-state index contributed by atoms with van der Waals surface area (Å²) in [5.41, 5.74) is 2.84. The highest BCUT2D eigenvalue weighted by atomic mass is 35.5. The second kappa shape index (κ2) is 6.83. The maximum absolute atomic E-state index is 12.6. The first-order chi connectivity index (χ1) is 12.0. The number of rotatable bonds is 4. The number of anilines is 1. The maximum Gasteiger partial charge on any atom is 0.337 e. The first-order valence-corrected chi connectivity index (χ1v) is 7.81. The van der Waals surface area contributed by atoms with Gasteiger partial charge in [-0.25, -0.2) is 4.79 Å². The third-order valence-corrected chi connectivity index (χ3v) is 3.97. The van der Waals surface area contributed by atoms with Crippen LogP contribution in [0.4, 0.5) is 5.69 Å². The Labute approximate surface area is 148 Å². The summed E-state index contributed by atoms with van der Waals surface area (Å²) >= 11 is 5.91. The van der Waals surface area contributed by atoms with E-state index >= 15 is 0 Å². The van der Waals surface area contributed by atoms with Crippen molar-refractivity contribution in [3.8, 4) is 11.1 Å². The van der Waals surface area contributed by atoms with Crippen molar-refractivity contribution in [2.45, 2.75) is 6.92 Å². The van der Waals surface area contributed by atoms with E-state index in [0.717, 1.165) is 11.1 Å². The van der Waals surface area contributed by atoms with Gasteiger partial charge >= 0.3 is 5.97 Å². The van der Waals surface area contributed by atoms with Crippen molar-refractivity contribution in [2.24, 2.45) is 0 Å². The lowest BCUT2D eigenvalue weighted by Gasteiger charge is -2.13. The Bertz CT molecular complexity index is 948. The van der Waals surface area contributed by atoms with Gasteiger partial charge in [0.05, 0.1) is 23.8 Å². The molecule has 0 fully saturated rings. The Balaban J connectivity index is 1.94. The summed E-state index contributed by atoms with van der Waals surface area (Å²) < 4.78 is 5.06. The molecule has 0 aliphatic carbocycles. The quantitative estimate of drug-likeness (QED) is 0.700. The van der Waals surface area contributed by atoms with Crippen LogP contribution < -0.4 is 5.32 Å². The molecular weight excluding hydrogens is 342 g/mol. The van der Waals surface area contributed by atoms with Crippen LogP contribution in [0.5, 0.6) is 0 Å². The lowest BCUT2D eigenvalue weighted by atomic mass is 10.0. The van der Waals surface area contributed by atoms with E-state index in [2.05, 4.69) is 5.32 Å². The van der Waals surface area contributed by atoms with Crippen LogP contribution in [0.3, 0.4) is 0 Å². The van der Waals surface area contributed by atoms with Gasteiger partial charge in [0.15, 0.2) is 0 Å². The summed E-state index contributed by atoms with van der Waals surface area (Å²) in [5, 5.41) is 12.3. The van der Waals surface area contributed by atoms with Crippen LogP contribution in [0, 0.1) is 6.92 Å². The number of halogens is 1. The predicted molar refractivity (Wildman–Crippen MR) is 95.2 cm³/mol. The van der Waals surface area contributed by atoms with Gasteiger partial charge in [0.2, 0.25) is 0 Å². The Hall–Kier alpha value is -3.05. The van der Waals surface area contributed by atoms with Gasteiger partial charge in [-0.3, -0.25) is 4.79 Å². The topological polar surface area (TPSA) is 79.5 Å². The highest BCUT2D eigenvalue weighted by Crippen LogP contribution is 2.27. The number of amides is 1. The smallest absolute Gasteiger partial charge is 0.337 e. The fourth-order valence-corrected chi connectivity index (χ4v) is 2.80. The Kier molecular flexibility index (Phi) is 4.59. The molecule has 6 heteroatoms. The normalized spacial score (nSPS) is 10.5. The van der Waals surface area contributed by atoms with E-state index in [0.29, 0.717) is 16.1 Å². The lowest BCUT2D eigenvalue weighted by Crippen LogP contribution is -2.16. The van der Waals surface area contributed by atoms with Crippen molar-refractivity contribution in [2.75, 3.05) is 5.32 Å². The molecule has 2 N–H and O–H groups in total. The minimum absolute atomic E-state index is 0.0515. The van der Waals surface area contributed by atoms with Crippen LogP contribution in [-0.2, 0) is 0 Å². The van der Waals surface area contributed by atoms with Gasteiger partial charge < -0.3 is 14.8 Å². The predicted octanol–water partition coefficient (Wildman–Crippen LogP) is 4.86. The molecule has 0 aliphatic rings. The summed E-state index contributed by atoms with van der Waals surface area (Å²) in [4.78, 5) is 24.0. The summed E-state index contributed by atoms with van der Waals surface area (Å²) in [7, 11) is 0. The summed E-state index contributed by atoms with van der Waals surface area (Å²) in [6, 6.07) is 11.7. The van der Waals surface area contributed by atoms with Crippen LogP contribution in [0.15, 0.2) is 59.4 Å². The van der Waals surface area contributed by atoms with Gasteiger partial charge in [0.25, 0.3) is 5.91 Å². The molecule has 3 aromatic rings. The molecule has 126 valence electrons. The van der Waals surface area contributed by atoms with E-state index in [1.54, 1.807) is 49.8 Å². The van der Waals surface area contributed by atoms with Crippen molar-refractivity contribution in [3.63, 3.8) is 0 Å². The standard InChI is InChI=1S/C19H14ClNO4/c1-11-7-15(20)9-16(19(23)24)17(11)21-18(22)13-4-2-3-12(8-13)14-5-6-25-10-14/h2-10H,1H3,(H,21,22)(H,23,24). The molecule has 1 aromatic heterocycles. The van der Waals surface area contributed by atoms with Crippen molar-refractivity contribution in [1.82, 2.24) is 0 Å². The molecule has 1 heterocycles. The van der Waals surface area contributed by atoms with Crippen molar-refractivity contribution in [3.05, 3.63) is 76.7 Å². The van der Waals surface area contributed by atoms with Gasteiger partial charge in [-0.2, -0.15) is 0 Å². The van der Waals surface area contributed by atoms with E-state index < -0.39 is 11.9 Å². The number of hydrogen-bond acceptors (Lipinski definition) is 3. The second-order valence-corrected chi connectivity index (χ2v) is 5.93.